The number of carbonyl (C=O) groups excluding carboxylic acids is 1. The van der Waals surface area contributed by atoms with Crippen molar-refractivity contribution in [3.05, 3.63) is 0 Å². The molecule has 1 fully saturated rings. The van der Waals surface area contributed by atoms with Gasteiger partial charge in [0, 0.05) is 6.04 Å². The maximum atomic E-state index is 11.7. The summed E-state index contributed by atoms with van der Waals surface area (Å²) >= 11 is 0. The van der Waals surface area contributed by atoms with Crippen molar-refractivity contribution in [2.45, 2.75) is 51.8 Å². The summed E-state index contributed by atoms with van der Waals surface area (Å²) < 4.78 is 10.6. The van der Waals surface area contributed by atoms with Gasteiger partial charge in [0.1, 0.15) is 11.6 Å². The molecular weight excluding hydrogens is 194 g/mol. The lowest BCUT2D eigenvalue weighted by Crippen LogP contribution is -2.53. The van der Waals surface area contributed by atoms with Gasteiger partial charge in [-0.3, -0.25) is 10.1 Å². The van der Waals surface area contributed by atoms with Gasteiger partial charge in [0.2, 0.25) is 0 Å². The molecule has 1 N–H and O–H groups in total. The van der Waals surface area contributed by atoms with Crippen molar-refractivity contribution in [2.75, 3.05) is 13.2 Å². The van der Waals surface area contributed by atoms with Gasteiger partial charge < -0.3 is 9.47 Å². The highest BCUT2D eigenvalue weighted by molar-refractivity contribution is 5.76. The molecule has 1 aliphatic rings. The summed E-state index contributed by atoms with van der Waals surface area (Å²) in [5, 5.41) is 3.23. The fraction of sp³-hybridized carbons (Fsp3) is 0.909. The van der Waals surface area contributed by atoms with E-state index in [9.17, 15) is 4.79 Å². The van der Waals surface area contributed by atoms with Gasteiger partial charge in [0.05, 0.1) is 13.2 Å². The summed E-state index contributed by atoms with van der Waals surface area (Å²) in [5.74, 6) is -0.222. The predicted molar refractivity (Wildman–Crippen MR) is 57.7 cm³/mol. The Balaban J connectivity index is 2.45. The van der Waals surface area contributed by atoms with Crippen LogP contribution in [0.5, 0.6) is 0 Å². The Bertz CT molecular complexity index is 222. The van der Waals surface area contributed by atoms with Crippen LogP contribution in [-0.2, 0) is 14.3 Å². The highest BCUT2D eigenvalue weighted by Crippen LogP contribution is 2.11. The highest BCUT2D eigenvalue weighted by Gasteiger charge is 2.29. The van der Waals surface area contributed by atoms with Gasteiger partial charge in [-0.15, -0.1) is 0 Å². The van der Waals surface area contributed by atoms with Gasteiger partial charge in [0.25, 0.3) is 0 Å². The molecule has 88 valence electrons. The van der Waals surface area contributed by atoms with E-state index in [0.29, 0.717) is 13.2 Å². The number of nitrogens with one attached hydrogen (secondary N) is 1. The Kier molecular flexibility index (Phi) is 4.11. The highest BCUT2D eigenvalue weighted by atomic mass is 16.6. The molecule has 0 saturated carbocycles. The van der Waals surface area contributed by atoms with Crippen LogP contribution in [0.2, 0.25) is 0 Å². The van der Waals surface area contributed by atoms with Crippen LogP contribution in [-0.4, -0.2) is 36.9 Å². The molecule has 0 aromatic carbocycles. The monoisotopic (exact) mass is 215 g/mol. The number of esters is 1. The third kappa shape index (κ3) is 4.18. The number of hydrogen-bond donors (Lipinski definition) is 1. The number of ether oxygens (including phenoxy) is 2. The quantitative estimate of drug-likeness (QED) is 0.701. The van der Waals surface area contributed by atoms with E-state index in [-0.39, 0.29) is 18.1 Å². The SMILES string of the molecule is CC[C@H]1COC[C@@H](C(=O)OC(C)(C)C)N1. The Morgan fingerprint density at radius 2 is 2.13 bits per heavy atom. The van der Waals surface area contributed by atoms with Crippen LogP contribution in [0.3, 0.4) is 0 Å². The van der Waals surface area contributed by atoms with E-state index in [1.54, 1.807) is 0 Å². The maximum absolute atomic E-state index is 11.7. The zero-order chi connectivity index (χ0) is 11.5. The number of carbonyl (C=O) groups is 1. The molecule has 4 heteroatoms. The first-order valence-electron chi connectivity index (χ1n) is 5.49. The van der Waals surface area contributed by atoms with E-state index >= 15 is 0 Å². The fourth-order valence-corrected chi connectivity index (χ4v) is 1.45. The summed E-state index contributed by atoms with van der Waals surface area (Å²) in [6, 6.07) is -0.0563. The molecule has 1 heterocycles. The molecule has 4 nitrogen and oxygen atoms in total. The lowest BCUT2D eigenvalue weighted by molar-refractivity contribution is -0.161. The molecule has 0 aromatic rings. The first kappa shape index (κ1) is 12.5. The second kappa shape index (κ2) is 4.94. The van der Waals surface area contributed by atoms with Crippen molar-refractivity contribution in [3.8, 4) is 0 Å². The molecule has 1 saturated heterocycles. The second-order valence-corrected chi connectivity index (χ2v) is 4.90. The molecule has 0 unspecified atom stereocenters. The summed E-state index contributed by atoms with van der Waals surface area (Å²) in [6.45, 7) is 8.75. The van der Waals surface area contributed by atoms with Crippen LogP contribution in [0.15, 0.2) is 0 Å². The van der Waals surface area contributed by atoms with E-state index in [2.05, 4.69) is 12.2 Å². The first-order valence-corrected chi connectivity index (χ1v) is 5.49. The van der Waals surface area contributed by atoms with E-state index < -0.39 is 5.60 Å². The largest absolute Gasteiger partial charge is 0.459 e. The van der Waals surface area contributed by atoms with Crippen molar-refractivity contribution < 1.29 is 14.3 Å². The molecule has 15 heavy (non-hydrogen) atoms. The fourth-order valence-electron chi connectivity index (χ4n) is 1.45. The first-order chi connectivity index (χ1) is 6.92. The molecule has 0 spiro atoms. The third-order valence-corrected chi connectivity index (χ3v) is 2.22. The molecular formula is C11H21NO3. The van der Waals surface area contributed by atoms with E-state index in [4.69, 9.17) is 9.47 Å². The van der Waals surface area contributed by atoms with Crippen LogP contribution in [0.4, 0.5) is 0 Å². The molecule has 0 bridgehead atoms. The Labute approximate surface area is 91.3 Å². The van der Waals surface area contributed by atoms with Gasteiger partial charge >= 0.3 is 5.97 Å². The molecule has 0 radical (unpaired) electrons. The second-order valence-electron chi connectivity index (χ2n) is 4.90. The van der Waals surface area contributed by atoms with Gasteiger partial charge in [-0.2, -0.15) is 0 Å². The van der Waals surface area contributed by atoms with Crippen molar-refractivity contribution in [2.24, 2.45) is 0 Å². The summed E-state index contributed by atoms with van der Waals surface area (Å²) in [6.07, 6.45) is 0.958. The summed E-state index contributed by atoms with van der Waals surface area (Å²) in [4.78, 5) is 11.7. The molecule has 0 aromatic heterocycles. The minimum Gasteiger partial charge on any atom is -0.459 e. The molecule has 1 aliphatic heterocycles. The van der Waals surface area contributed by atoms with Gasteiger partial charge in [-0.1, -0.05) is 6.92 Å². The zero-order valence-corrected chi connectivity index (χ0v) is 10.0. The van der Waals surface area contributed by atoms with Crippen LogP contribution in [0.1, 0.15) is 34.1 Å². The lowest BCUT2D eigenvalue weighted by atomic mass is 10.1. The van der Waals surface area contributed by atoms with Gasteiger partial charge in [-0.25, -0.2) is 0 Å². The van der Waals surface area contributed by atoms with E-state index in [1.165, 1.54) is 0 Å². The van der Waals surface area contributed by atoms with E-state index in [0.717, 1.165) is 6.42 Å². The topological polar surface area (TPSA) is 47.6 Å². The lowest BCUT2D eigenvalue weighted by Gasteiger charge is -2.31. The molecule has 0 amide bonds. The Morgan fingerprint density at radius 1 is 1.47 bits per heavy atom. The van der Waals surface area contributed by atoms with Crippen molar-refractivity contribution >= 4 is 5.97 Å². The van der Waals surface area contributed by atoms with Crippen molar-refractivity contribution in [1.29, 1.82) is 0 Å². The van der Waals surface area contributed by atoms with Crippen LogP contribution in [0.25, 0.3) is 0 Å². The average molecular weight is 215 g/mol. The van der Waals surface area contributed by atoms with Crippen molar-refractivity contribution in [3.63, 3.8) is 0 Å². The average Bonchev–Trinajstić information content (AvgIpc) is 2.15. The summed E-state index contributed by atoms with van der Waals surface area (Å²) in [5.41, 5.74) is -0.433. The Morgan fingerprint density at radius 3 is 2.67 bits per heavy atom. The number of rotatable bonds is 2. The summed E-state index contributed by atoms with van der Waals surface area (Å²) in [7, 11) is 0. The van der Waals surface area contributed by atoms with Crippen LogP contribution >= 0.6 is 0 Å². The normalized spacial score (nSPS) is 27.5. The minimum absolute atomic E-state index is 0.222. The van der Waals surface area contributed by atoms with Crippen molar-refractivity contribution in [1.82, 2.24) is 5.32 Å². The van der Waals surface area contributed by atoms with Gasteiger partial charge in [-0.05, 0) is 27.2 Å². The number of hydrogen-bond acceptors (Lipinski definition) is 4. The Hall–Kier alpha value is -0.610. The zero-order valence-electron chi connectivity index (χ0n) is 10.0. The maximum Gasteiger partial charge on any atom is 0.326 e. The number of morpholine rings is 1. The molecule has 0 aliphatic carbocycles. The predicted octanol–water partition coefficient (Wildman–Crippen LogP) is 1.10. The van der Waals surface area contributed by atoms with Crippen LogP contribution in [0, 0.1) is 0 Å². The standard InChI is InChI=1S/C11H21NO3/c1-5-8-6-14-7-9(12-8)10(13)15-11(2,3)4/h8-9,12H,5-7H2,1-4H3/t8-,9-/m0/s1. The van der Waals surface area contributed by atoms with Gasteiger partial charge in [0.15, 0.2) is 0 Å². The molecule has 2 atom stereocenters. The molecule has 1 rings (SSSR count). The smallest absolute Gasteiger partial charge is 0.326 e. The van der Waals surface area contributed by atoms with Crippen LogP contribution < -0.4 is 5.32 Å². The minimum atomic E-state index is -0.433. The van der Waals surface area contributed by atoms with E-state index in [1.807, 2.05) is 20.8 Å². The third-order valence-electron chi connectivity index (χ3n) is 2.22.